The molecule has 9 heteroatoms. The molecule has 0 aliphatic rings. The number of hydrogen-bond donors (Lipinski definition) is 0. The first-order valence-electron chi connectivity index (χ1n) is 10.4. The molecule has 0 saturated heterocycles. The molecular formula is C22H30FN5O2S. The molecule has 0 bridgehead atoms. The van der Waals surface area contributed by atoms with Gasteiger partial charge in [0.1, 0.15) is 10.7 Å². The van der Waals surface area contributed by atoms with Crippen LogP contribution in [0, 0.1) is 25.6 Å². The van der Waals surface area contributed by atoms with E-state index in [1.807, 2.05) is 20.0 Å². The van der Waals surface area contributed by atoms with Crippen molar-refractivity contribution in [3.8, 4) is 0 Å². The lowest BCUT2D eigenvalue weighted by Crippen LogP contribution is -2.30. The highest BCUT2D eigenvalue weighted by atomic mass is 32.2. The van der Waals surface area contributed by atoms with Crippen molar-refractivity contribution in [2.45, 2.75) is 65.7 Å². The van der Waals surface area contributed by atoms with Gasteiger partial charge in [0.25, 0.3) is 0 Å². The average Bonchev–Trinajstić information content (AvgIpc) is 3.24. The summed E-state index contributed by atoms with van der Waals surface area (Å²) in [4.78, 5) is 0.191. The lowest BCUT2D eigenvalue weighted by molar-refractivity contribution is 0.399. The number of aromatic nitrogens is 4. The standard InChI is InChI=1S/C22H30FN5O2S/c1-6-26-13-20(17(4)24-26)14-28(12-19-7-9-21(23)10-8-19)31(29,30)22-15-27(11-16(2)3)25-18(22)5/h7-10,13,15-16H,6,11-12,14H2,1-5H3. The van der Waals surface area contributed by atoms with E-state index in [1.54, 1.807) is 34.6 Å². The Hall–Kier alpha value is -2.52. The molecule has 0 N–H and O–H groups in total. The van der Waals surface area contributed by atoms with Crippen LogP contribution in [0.2, 0.25) is 0 Å². The minimum atomic E-state index is -3.85. The van der Waals surface area contributed by atoms with E-state index in [1.165, 1.54) is 16.4 Å². The van der Waals surface area contributed by atoms with Gasteiger partial charge in [0, 0.05) is 44.1 Å². The zero-order valence-electron chi connectivity index (χ0n) is 18.7. The van der Waals surface area contributed by atoms with E-state index < -0.39 is 10.0 Å². The number of sulfonamides is 1. The summed E-state index contributed by atoms with van der Waals surface area (Å²) in [5.41, 5.74) is 2.79. The molecule has 3 rings (SSSR count). The second-order valence-electron chi connectivity index (χ2n) is 8.19. The fraction of sp³-hybridized carbons (Fsp3) is 0.455. The summed E-state index contributed by atoms with van der Waals surface area (Å²) in [7, 11) is -3.85. The lowest BCUT2D eigenvalue weighted by Gasteiger charge is -2.22. The molecule has 0 unspecified atom stereocenters. The summed E-state index contributed by atoms with van der Waals surface area (Å²) in [5, 5.41) is 8.84. The maximum Gasteiger partial charge on any atom is 0.247 e. The Bertz CT molecular complexity index is 1130. The van der Waals surface area contributed by atoms with E-state index in [9.17, 15) is 12.8 Å². The van der Waals surface area contributed by atoms with E-state index in [2.05, 4.69) is 24.0 Å². The SMILES string of the molecule is CCn1cc(CN(Cc2ccc(F)cc2)S(=O)(=O)c2cn(CC(C)C)nc2C)c(C)n1. The Morgan fingerprint density at radius 1 is 1.00 bits per heavy atom. The Labute approximate surface area is 183 Å². The minimum absolute atomic E-state index is 0.119. The number of aryl methyl sites for hydroxylation is 3. The van der Waals surface area contributed by atoms with E-state index in [4.69, 9.17) is 0 Å². The largest absolute Gasteiger partial charge is 0.272 e. The molecule has 0 amide bonds. The summed E-state index contributed by atoms with van der Waals surface area (Å²) >= 11 is 0. The zero-order chi connectivity index (χ0) is 22.8. The molecule has 0 aliphatic carbocycles. The van der Waals surface area contributed by atoms with Gasteiger partial charge in [0.05, 0.1) is 11.4 Å². The van der Waals surface area contributed by atoms with Crippen molar-refractivity contribution in [2.75, 3.05) is 0 Å². The molecule has 7 nitrogen and oxygen atoms in total. The van der Waals surface area contributed by atoms with Crippen molar-refractivity contribution in [3.05, 3.63) is 65.0 Å². The van der Waals surface area contributed by atoms with E-state index >= 15 is 0 Å². The number of hydrogen-bond acceptors (Lipinski definition) is 4. The first-order valence-corrected chi connectivity index (χ1v) is 11.9. The van der Waals surface area contributed by atoms with Gasteiger partial charge in [0.2, 0.25) is 10.0 Å². The Morgan fingerprint density at radius 2 is 1.65 bits per heavy atom. The minimum Gasteiger partial charge on any atom is -0.272 e. The van der Waals surface area contributed by atoms with Gasteiger partial charge in [-0.15, -0.1) is 0 Å². The number of halogens is 1. The summed E-state index contributed by atoms with van der Waals surface area (Å²) in [5.74, 6) is -0.0169. The van der Waals surface area contributed by atoms with Crippen molar-refractivity contribution < 1.29 is 12.8 Å². The van der Waals surface area contributed by atoms with Crippen LogP contribution in [-0.2, 0) is 36.2 Å². The number of rotatable bonds is 9. The van der Waals surface area contributed by atoms with Crippen LogP contribution in [0.4, 0.5) is 4.39 Å². The molecule has 0 radical (unpaired) electrons. The summed E-state index contributed by atoms with van der Waals surface area (Å²) in [6.45, 7) is 11.3. The van der Waals surface area contributed by atoms with Gasteiger partial charge in [0.15, 0.2) is 0 Å². The van der Waals surface area contributed by atoms with Crippen molar-refractivity contribution in [1.29, 1.82) is 0 Å². The van der Waals surface area contributed by atoms with Gasteiger partial charge in [-0.05, 0) is 44.4 Å². The first-order chi connectivity index (χ1) is 14.6. The predicted molar refractivity (Wildman–Crippen MR) is 117 cm³/mol. The highest BCUT2D eigenvalue weighted by Gasteiger charge is 2.29. The van der Waals surface area contributed by atoms with Crippen molar-refractivity contribution in [3.63, 3.8) is 0 Å². The normalized spacial score (nSPS) is 12.3. The van der Waals surface area contributed by atoms with Crippen LogP contribution in [0.3, 0.4) is 0 Å². The summed E-state index contributed by atoms with van der Waals surface area (Å²) < 4.78 is 45.6. The molecule has 0 atom stereocenters. The van der Waals surface area contributed by atoms with Gasteiger partial charge in [-0.25, -0.2) is 12.8 Å². The summed E-state index contributed by atoms with van der Waals surface area (Å²) in [6, 6.07) is 5.89. The highest BCUT2D eigenvalue weighted by Crippen LogP contribution is 2.24. The molecule has 168 valence electrons. The van der Waals surface area contributed by atoms with Crippen LogP contribution in [0.5, 0.6) is 0 Å². The molecule has 0 aliphatic heterocycles. The third-order valence-electron chi connectivity index (χ3n) is 5.06. The van der Waals surface area contributed by atoms with Crippen LogP contribution in [-0.4, -0.2) is 32.3 Å². The Morgan fingerprint density at radius 3 is 2.23 bits per heavy atom. The fourth-order valence-corrected chi connectivity index (χ4v) is 5.02. The van der Waals surface area contributed by atoms with Gasteiger partial charge in [-0.3, -0.25) is 9.36 Å². The maximum absolute atomic E-state index is 13.7. The monoisotopic (exact) mass is 447 g/mol. The topological polar surface area (TPSA) is 73.0 Å². The van der Waals surface area contributed by atoms with Crippen LogP contribution in [0.15, 0.2) is 41.6 Å². The van der Waals surface area contributed by atoms with Crippen molar-refractivity contribution >= 4 is 10.0 Å². The third kappa shape index (κ3) is 5.40. The van der Waals surface area contributed by atoms with Gasteiger partial charge in [-0.2, -0.15) is 14.5 Å². The lowest BCUT2D eigenvalue weighted by atomic mass is 10.2. The fourth-order valence-electron chi connectivity index (χ4n) is 3.45. The van der Waals surface area contributed by atoms with Crippen LogP contribution in [0.1, 0.15) is 43.3 Å². The van der Waals surface area contributed by atoms with Gasteiger partial charge in [-0.1, -0.05) is 26.0 Å². The van der Waals surface area contributed by atoms with Crippen molar-refractivity contribution in [1.82, 2.24) is 23.9 Å². The Kier molecular flexibility index (Phi) is 6.96. The summed E-state index contributed by atoms with van der Waals surface area (Å²) in [6.07, 6.45) is 3.47. The second-order valence-corrected chi connectivity index (χ2v) is 10.1. The molecule has 2 aromatic heterocycles. The highest BCUT2D eigenvalue weighted by molar-refractivity contribution is 7.89. The first kappa shape index (κ1) is 23.1. The quantitative estimate of drug-likeness (QED) is 0.499. The maximum atomic E-state index is 13.7. The third-order valence-corrected chi connectivity index (χ3v) is 6.96. The zero-order valence-corrected chi connectivity index (χ0v) is 19.5. The second kappa shape index (κ2) is 9.32. The molecule has 1 aromatic carbocycles. The van der Waals surface area contributed by atoms with Gasteiger partial charge >= 0.3 is 0 Å². The van der Waals surface area contributed by atoms with Crippen LogP contribution >= 0.6 is 0 Å². The molecular weight excluding hydrogens is 417 g/mol. The predicted octanol–water partition coefficient (Wildman–Crippen LogP) is 3.90. The van der Waals surface area contributed by atoms with Crippen molar-refractivity contribution in [2.24, 2.45) is 5.92 Å². The van der Waals surface area contributed by atoms with Gasteiger partial charge < -0.3 is 0 Å². The Balaban J connectivity index is 2.00. The van der Waals surface area contributed by atoms with E-state index in [0.29, 0.717) is 30.3 Å². The smallest absolute Gasteiger partial charge is 0.247 e. The molecule has 0 spiro atoms. The molecule has 0 fully saturated rings. The van der Waals surface area contributed by atoms with E-state index in [0.717, 1.165) is 11.3 Å². The molecule has 0 saturated carbocycles. The van der Waals surface area contributed by atoms with E-state index in [-0.39, 0.29) is 23.8 Å². The van der Waals surface area contributed by atoms with Crippen LogP contribution in [0.25, 0.3) is 0 Å². The molecule has 3 aromatic rings. The number of benzene rings is 1. The molecule has 31 heavy (non-hydrogen) atoms. The molecule has 2 heterocycles. The van der Waals surface area contributed by atoms with Crippen LogP contribution < -0.4 is 0 Å². The number of nitrogens with zero attached hydrogens (tertiary/aromatic N) is 5. The average molecular weight is 448 g/mol.